The minimum absolute atomic E-state index is 0.435. The van der Waals surface area contributed by atoms with E-state index in [9.17, 15) is 5.11 Å². The monoisotopic (exact) mass is 324 g/mol. The lowest BCUT2D eigenvalue weighted by atomic mass is 10.0. The summed E-state index contributed by atoms with van der Waals surface area (Å²) in [5, 5.41) is 19.0. The van der Waals surface area contributed by atoms with Crippen LogP contribution in [0.15, 0.2) is 12.1 Å². The van der Waals surface area contributed by atoms with Crippen LogP contribution in [-0.2, 0) is 19.6 Å². The van der Waals surface area contributed by atoms with Crippen molar-refractivity contribution in [2.75, 3.05) is 42.3 Å². The summed E-state index contributed by atoms with van der Waals surface area (Å²) in [5.74, 6) is 0.435. The minimum Gasteiger partial charge on any atom is -0.507 e. The molecule has 0 saturated heterocycles. The van der Waals surface area contributed by atoms with Crippen LogP contribution in [0.4, 0.5) is 0 Å². The van der Waals surface area contributed by atoms with Gasteiger partial charge in [-0.25, -0.2) is 0 Å². The second-order valence-electron chi connectivity index (χ2n) is 6.08. The Bertz CT molecular complexity index is 464. The van der Waals surface area contributed by atoms with Crippen molar-refractivity contribution in [2.24, 2.45) is 0 Å². The standard InChI is InChI=1S/C15H27N3O.CHNS/c1-16(2)9-12-7-13(10-17(3)4)15(19)14(8-12)11-18(5)6;2-1-3/h7-8,19H,9-11H2,1-6H3;3H. The zero-order chi connectivity index (χ0) is 17.3. The molecule has 0 saturated carbocycles. The molecule has 5 nitrogen and oxygen atoms in total. The number of hydrogen-bond donors (Lipinski definition) is 2. The number of nitriles is 1. The van der Waals surface area contributed by atoms with Crippen molar-refractivity contribution < 1.29 is 5.11 Å². The number of nitrogens with zero attached hydrogens (tertiary/aromatic N) is 4. The van der Waals surface area contributed by atoms with Gasteiger partial charge in [0.15, 0.2) is 0 Å². The van der Waals surface area contributed by atoms with E-state index in [2.05, 4.69) is 53.6 Å². The molecule has 124 valence electrons. The molecule has 1 aromatic rings. The molecular weight excluding hydrogens is 296 g/mol. The maximum absolute atomic E-state index is 10.4. The van der Waals surface area contributed by atoms with Gasteiger partial charge in [-0.05, 0) is 60.0 Å². The van der Waals surface area contributed by atoms with Gasteiger partial charge < -0.3 is 19.8 Å². The van der Waals surface area contributed by atoms with Crippen LogP contribution >= 0.6 is 12.6 Å². The molecule has 0 aromatic heterocycles. The minimum atomic E-state index is 0.435. The third kappa shape index (κ3) is 8.25. The van der Waals surface area contributed by atoms with Gasteiger partial charge >= 0.3 is 0 Å². The first-order valence-electron chi connectivity index (χ1n) is 7.02. The largest absolute Gasteiger partial charge is 0.507 e. The molecule has 0 atom stereocenters. The van der Waals surface area contributed by atoms with Gasteiger partial charge in [0.1, 0.15) is 11.2 Å². The summed E-state index contributed by atoms with van der Waals surface area (Å²) in [6.45, 7) is 2.40. The molecular formula is C16H28N4OS. The molecule has 0 aliphatic carbocycles. The van der Waals surface area contributed by atoms with E-state index in [0.717, 1.165) is 30.8 Å². The van der Waals surface area contributed by atoms with E-state index in [4.69, 9.17) is 5.26 Å². The fourth-order valence-corrected chi connectivity index (χ4v) is 2.21. The van der Waals surface area contributed by atoms with Crippen LogP contribution in [-0.4, -0.2) is 62.1 Å². The van der Waals surface area contributed by atoms with E-state index in [1.807, 2.05) is 28.2 Å². The van der Waals surface area contributed by atoms with Crippen LogP contribution in [0, 0.1) is 10.7 Å². The van der Waals surface area contributed by atoms with Crippen molar-refractivity contribution in [3.63, 3.8) is 0 Å². The SMILES string of the molecule is CN(C)Cc1cc(CN(C)C)c(O)c(CN(C)C)c1.N#CS. The quantitative estimate of drug-likeness (QED) is 0.619. The molecule has 0 fully saturated rings. The molecule has 0 unspecified atom stereocenters. The molecule has 6 heteroatoms. The van der Waals surface area contributed by atoms with E-state index in [1.165, 1.54) is 11.0 Å². The predicted molar refractivity (Wildman–Crippen MR) is 94.9 cm³/mol. The molecule has 0 aliphatic rings. The average molecular weight is 324 g/mol. The summed E-state index contributed by atoms with van der Waals surface area (Å²) in [7, 11) is 12.2. The van der Waals surface area contributed by atoms with Gasteiger partial charge in [0, 0.05) is 30.8 Å². The van der Waals surface area contributed by atoms with Gasteiger partial charge in [-0.1, -0.05) is 12.6 Å². The molecule has 0 bridgehead atoms. The van der Waals surface area contributed by atoms with Crippen LogP contribution in [0.5, 0.6) is 5.75 Å². The summed E-state index contributed by atoms with van der Waals surface area (Å²) in [6, 6.07) is 4.21. The Balaban J connectivity index is 0.00000135. The van der Waals surface area contributed by atoms with Crippen LogP contribution < -0.4 is 0 Å². The van der Waals surface area contributed by atoms with Gasteiger partial charge in [0.25, 0.3) is 0 Å². The number of thiol groups is 1. The lowest BCUT2D eigenvalue weighted by molar-refractivity contribution is 0.365. The zero-order valence-electron chi connectivity index (χ0n) is 14.5. The fraction of sp³-hybridized carbons (Fsp3) is 0.562. The van der Waals surface area contributed by atoms with Crippen molar-refractivity contribution in [3.8, 4) is 11.2 Å². The highest BCUT2D eigenvalue weighted by atomic mass is 32.1. The summed E-state index contributed by atoms with van der Waals surface area (Å²) < 4.78 is 0. The summed E-state index contributed by atoms with van der Waals surface area (Å²) >= 11 is 3.09. The molecule has 0 radical (unpaired) electrons. The smallest absolute Gasteiger partial charge is 0.130 e. The molecule has 0 aliphatic heterocycles. The maximum Gasteiger partial charge on any atom is 0.130 e. The maximum atomic E-state index is 10.4. The molecule has 22 heavy (non-hydrogen) atoms. The van der Waals surface area contributed by atoms with E-state index >= 15 is 0 Å². The Morgan fingerprint density at radius 3 is 1.50 bits per heavy atom. The molecule has 0 heterocycles. The van der Waals surface area contributed by atoms with Crippen molar-refractivity contribution >= 4 is 12.6 Å². The number of thiocyanates is 1. The van der Waals surface area contributed by atoms with Crippen molar-refractivity contribution in [1.29, 1.82) is 5.26 Å². The third-order valence-electron chi connectivity index (χ3n) is 2.80. The average Bonchev–Trinajstić information content (AvgIpc) is 2.33. The topological polar surface area (TPSA) is 53.7 Å². The Kier molecular flexibility index (Phi) is 9.86. The van der Waals surface area contributed by atoms with Crippen LogP contribution in [0.25, 0.3) is 0 Å². The zero-order valence-corrected chi connectivity index (χ0v) is 15.4. The number of aromatic hydroxyl groups is 1. The fourth-order valence-electron chi connectivity index (χ4n) is 2.21. The van der Waals surface area contributed by atoms with E-state index in [-0.39, 0.29) is 0 Å². The Morgan fingerprint density at radius 1 is 0.909 bits per heavy atom. The van der Waals surface area contributed by atoms with Gasteiger partial charge in [-0.3, -0.25) is 0 Å². The second-order valence-corrected chi connectivity index (χ2v) is 6.28. The van der Waals surface area contributed by atoms with Crippen molar-refractivity contribution in [1.82, 2.24) is 14.7 Å². The molecule has 1 aromatic carbocycles. The van der Waals surface area contributed by atoms with Gasteiger partial charge in [-0.2, -0.15) is 5.26 Å². The van der Waals surface area contributed by atoms with E-state index in [1.54, 1.807) is 0 Å². The second kappa shape index (κ2) is 10.5. The third-order valence-corrected chi connectivity index (χ3v) is 2.80. The van der Waals surface area contributed by atoms with Gasteiger partial charge in [0.05, 0.1) is 0 Å². The van der Waals surface area contributed by atoms with E-state index in [0.29, 0.717) is 5.75 Å². The summed E-state index contributed by atoms with van der Waals surface area (Å²) in [5.41, 5.74) is 3.25. The van der Waals surface area contributed by atoms with Crippen LogP contribution in [0.1, 0.15) is 16.7 Å². The van der Waals surface area contributed by atoms with Crippen molar-refractivity contribution in [2.45, 2.75) is 19.6 Å². The van der Waals surface area contributed by atoms with E-state index < -0.39 is 0 Å². The number of benzene rings is 1. The molecule has 0 amide bonds. The Morgan fingerprint density at radius 2 is 1.23 bits per heavy atom. The number of hydrogen-bond acceptors (Lipinski definition) is 6. The Labute approximate surface area is 140 Å². The molecule has 1 N–H and O–H groups in total. The summed E-state index contributed by atoms with van der Waals surface area (Å²) in [4.78, 5) is 6.30. The highest BCUT2D eigenvalue weighted by Crippen LogP contribution is 2.27. The highest BCUT2D eigenvalue weighted by Gasteiger charge is 2.12. The van der Waals surface area contributed by atoms with Crippen molar-refractivity contribution in [3.05, 3.63) is 28.8 Å². The normalized spacial score (nSPS) is 10.6. The lowest BCUT2D eigenvalue weighted by Gasteiger charge is -2.19. The highest BCUT2D eigenvalue weighted by molar-refractivity contribution is 7.85. The number of rotatable bonds is 6. The molecule has 0 spiro atoms. The lowest BCUT2D eigenvalue weighted by Crippen LogP contribution is -2.16. The van der Waals surface area contributed by atoms with Gasteiger partial charge in [0.2, 0.25) is 0 Å². The molecule has 1 rings (SSSR count). The predicted octanol–water partition coefficient (Wildman–Crippen LogP) is 1.97. The summed E-state index contributed by atoms with van der Waals surface area (Å²) in [6.07, 6.45) is 0. The Hall–Kier alpha value is -1.26. The first kappa shape index (κ1) is 20.7. The van der Waals surface area contributed by atoms with Crippen LogP contribution in [0.2, 0.25) is 0 Å². The van der Waals surface area contributed by atoms with Gasteiger partial charge in [-0.15, -0.1) is 0 Å². The first-order valence-corrected chi connectivity index (χ1v) is 7.47. The number of phenols is 1. The number of phenolic OH excluding ortho intramolecular Hbond substituents is 1. The van der Waals surface area contributed by atoms with Crippen LogP contribution in [0.3, 0.4) is 0 Å². The first-order chi connectivity index (χ1) is 10.2.